The number of hydrogen-bond donors (Lipinski definition) is 2. The summed E-state index contributed by atoms with van der Waals surface area (Å²) >= 11 is 6.96. The fourth-order valence-corrected chi connectivity index (χ4v) is 5.81. The summed E-state index contributed by atoms with van der Waals surface area (Å²) in [6.07, 6.45) is 2.47. The maximum Gasteiger partial charge on any atom is 0.244 e. The van der Waals surface area contributed by atoms with Crippen LogP contribution in [-0.2, 0) is 10.0 Å². The molecule has 1 aromatic carbocycles. The van der Waals surface area contributed by atoms with E-state index in [2.05, 4.69) is 15.3 Å². The normalized spacial score (nSPS) is 15.6. The van der Waals surface area contributed by atoms with Crippen molar-refractivity contribution in [2.45, 2.75) is 23.8 Å². The molecule has 1 saturated heterocycles. The van der Waals surface area contributed by atoms with E-state index < -0.39 is 10.0 Å². The number of nitrogens with two attached hydrogens (primary N) is 1. The second kappa shape index (κ2) is 8.91. The highest BCUT2D eigenvalue weighted by Gasteiger charge is 2.30. The van der Waals surface area contributed by atoms with Gasteiger partial charge in [-0.05, 0) is 25.0 Å². The number of pyridine rings is 1. The van der Waals surface area contributed by atoms with E-state index in [-0.39, 0.29) is 27.7 Å². The van der Waals surface area contributed by atoms with Crippen molar-refractivity contribution in [3.05, 3.63) is 64.3 Å². The summed E-state index contributed by atoms with van der Waals surface area (Å²) in [5, 5.41) is 4.09. The number of hydrogen-bond acceptors (Lipinski definition) is 8. The molecule has 0 saturated carbocycles. The Balaban J connectivity index is 1.39. The zero-order valence-corrected chi connectivity index (χ0v) is 18.8. The van der Waals surface area contributed by atoms with Gasteiger partial charge in [0.05, 0.1) is 0 Å². The van der Waals surface area contributed by atoms with Crippen molar-refractivity contribution in [1.29, 1.82) is 0 Å². The van der Waals surface area contributed by atoms with E-state index in [4.69, 9.17) is 17.3 Å². The van der Waals surface area contributed by atoms with Gasteiger partial charge in [0.1, 0.15) is 20.7 Å². The molecule has 1 fully saturated rings. The van der Waals surface area contributed by atoms with Gasteiger partial charge in [-0.3, -0.25) is 4.79 Å². The summed E-state index contributed by atoms with van der Waals surface area (Å²) in [6, 6.07) is 11.9. The fourth-order valence-electron chi connectivity index (χ4n) is 3.36. The van der Waals surface area contributed by atoms with Crippen molar-refractivity contribution >= 4 is 49.7 Å². The van der Waals surface area contributed by atoms with Crippen LogP contribution < -0.4 is 11.1 Å². The number of halogens is 1. The predicted molar refractivity (Wildman–Crippen MR) is 121 cm³/mol. The molecule has 11 heteroatoms. The Hall–Kier alpha value is -2.53. The predicted octanol–water partition coefficient (Wildman–Crippen LogP) is 3.27. The molecule has 0 bridgehead atoms. The molecule has 0 amide bonds. The Bertz CT molecular complexity index is 1180. The van der Waals surface area contributed by atoms with Crippen molar-refractivity contribution < 1.29 is 13.2 Å². The van der Waals surface area contributed by atoms with Crippen LogP contribution in [0.2, 0.25) is 5.15 Å². The summed E-state index contributed by atoms with van der Waals surface area (Å²) in [4.78, 5) is 21.3. The van der Waals surface area contributed by atoms with Gasteiger partial charge in [-0.1, -0.05) is 53.3 Å². The summed E-state index contributed by atoms with van der Waals surface area (Å²) in [6.45, 7) is 0.721. The topological polar surface area (TPSA) is 118 Å². The number of rotatable bonds is 6. The van der Waals surface area contributed by atoms with Crippen LogP contribution in [0.5, 0.6) is 0 Å². The fraction of sp³-hybridized carbons (Fsp3) is 0.250. The number of sulfonamides is 1. The molecule has 1 aliphatic heterocycles. The highest BCUT2D eigenvalue weighted by molar-refractivity contribution is 7.89. The summed E-state index contributed by atoms with van der Waals surface area (Å²) < 4.78 is 27.0. The van der Waals surface area contributed by atoms with Crippen LogP contribution in [0, 0.1) is 0 Å². The van der Waals surface area contributed by atoms with E-state index in [1.54, 1.807) is 24.3 Å². The molecule has 0 radical (unpaired) electrons. The Morgan fingerprint density at radius 2 is 1.87 bits per heavy atom. The minimum Gasteiger partial charge on any atom is -0.382 e. The quantitative estimate of drug-likeness (QED) is 0.413. The molecule has 162 valence electrons. The lowest BCUT2D eigenvalue weighted by molar-refractivity contribution is 0.104. The van der Waals surface area contributed by atoms with Gasteiger partial charge < -0.3 is 11.1 Å². The number of thiazole rings is 1. The lowest BCUT2D eigenvalue weighted by Gasteiger charge is -2.31. The summed E-state index contributed by atoms with van der Waals surface area (Å²) in [7, 11) is -3.61. The number of aromatic nitrogens is 2. The third-order valence-corrected chi connectivity index (χ3v) is 8.12. The monoisotopic (exact) mass is 477 g/mol. The number of nitrogen functional groups attached to an aromatic ring is 1. The summed E-state index contributed by atoms with van der Waals surface area (Å²) in [5.74, 6) is 0.0257. The van der Waals surface area contributed by atoms with Crippen molar-refractivity contribution in [3.63, 3.8) is 0 Å². The Morgan fingerprint density at radius 1 is 1.16 bits per heavy atom. The van der Waals surface area contributed by atoms with Gasteiger partial charge in [0.15, 0.2) is 5.13 Å². The Labute approximate surface area is 189 Å². The average molecular weight is 478 g/mol. The molecule has 1 aliphatic rings. The van der Waals surface area contributed by atoms with Crippen LogP contribution >= 0.6 is 22.9 Å². The molecule has 0 spiro atoms. The molecule has 0 aliphatic carbocycles. The first-order valence-electron chi connectivity index (χ1n) is 9.59. The van der Waals surface area contributed by atoms with Gasteiger partial charge in [0.25, 0.3) is 0 Å². The lowest BCUT2D eigenvalue weighted by atomic mass is 10.1. The van der Waals surface area contributed by atoms with E-state index in [1.807, 2.05) is 6.07 Å². The van der Waals surface area contributed by atoms with E-state index >= 15 is 0 Å². The number of carbonyl (C=O) groups is 1. The van der Waals surface area contributed by atoms with Crippen LogP contribution in [0.3, 0.4) is 0 Å². The first kappa shape index (κ1) is 21.7. The lowest BCUT2D eigenvalue weighted by Crippen LogP contribution is -2.42. The average Bonchev–Trinajstić information content (AvgIpc) is 3.14. The second-order valence-corrected chi connectivity index (χ2v) is 10.4. The minimum atomic E-state index is -3.61. The zero-order chi connectivity index (χ0) is 22.0. The molecule has 8 nitrogen and oxygen atoms in total. The minimum absolute atomic E-state index is 0.0278. The van der Waals surface area contributed by atoms with E-state index in [1.165, 1.54) is 34.0 Å². The molecule has 31 heavy (non-hydrogen) atoms. The molecule has 0 unspecified atom stereocenters. The van der Waals surface area contributed by atoms with Crippen molar-refractivity contribution in [2.75, 3.05) is 24.1 Å². The van der Waals surface area contributed by atoms with Gasteiger partial charge in [-0.15, -0.1) is 0 Å². The van der Waals surface area contributed by atoms with Gasteiger partial charge in [0.2, 0.25) is 15.8 Å². The number of nitrogens with zero attached hydrogens (tertiary/aromatic N) is 3. The molecule has 3 N–H and O–H groups in total. The maximum absolute atomic E-state index is 12.8. The van der Waals surface area contributed by atoms with Crippen LogP contribution in [0.4, 0.5) is 10.9 Å². The van der Waals surface area contributed by atoms with E-state index in [9.17, 15) is 13.2 Å². The van der Waals surface area contributed by atoms with Crippen molar-refractivity contribution in [2.24, 2.45) is 0 Å². The second-order valence-electron chi connectivity index (χ2n) is 7.07. The standard InChI is InChI=1S/C20H20ClN5O3S2/c21-16-7-6-15(12-23-16)31(28,29)26-10-8-14(9-11-26)24-20-25-19(22)18(30-20)17(27)13-4-2-1-3-5-13/h1-7,12,14H,8-11,22H2,(H,24,25). The van der Waals surface area contributed by atoms with Crippen LogP contribution in [0.25, 0.3) is 0 Å². The molecule has 0 atom stereocenters. The molecule has 3 heterocycles. The first-order valence-corrected chi connectivity index (χ1v) is 12.2. The van der Waals surface area contributed by atoms with Gasteiger partial charge >= 0.3 is 0 Å². The van der Waals surface area contributed by atoms with Gasteiger partial charge in [-0.25, -0.2) is 18.4 Å². The van der Waals surface area contributed by atoms with Gasteiger partial charge in [0, 0.05) is 30.9 Å². The summed E-state index contributed by atoms with van der Waals surface area (Å²) in [5.41, 5.74) is 6.53. The smallest absolute Gasteiger partial charge is 0.244 e. The number of nitrogens with one attached hydrogen (secondary N) is 1. The van der Waals surface area contributed by atoms with Crippen molar-refractivity contribution in [1.82, 2.24) is 14.3 Å². The number of ketones is 1. The molecular weight excluding hydrogens is 458 g/mol. The maximum atomic E-state index is 12.8. The molecule has 4 rings (SSSR count). The molecule has 3 aromatic rings. The van der Waals surface area contributed by atoms with Gasteiger partial charge in [-0.2, -0.15) is 4.31 Å². The van der Waals surface area contributed by atoms with Crippen LogP contribution in [0.15, 0.2) is 53.6 Å². The number of carbonyl (C=O) groups excluding carboxylic acids is 1. The number of anilines is 2. The Kier molecular flexibility index (Phi) is 6.24. The van der Waals surface area contributed by atoms with Crippen LogP contribution in [0.1, 0.15) is 28.1 Å². The number of benzene rings is 1. The third kappa shape index (κ3) is 4.72. The largest absolute Gasteiger partial charge is 0.382 e. The first-order chi connectivity index (χ1) is 14.8. The zero-order valence-electron chi connectivity index (χ0n) is 16.4. The number of piperidine rings is 1. The third-order valence-electron chi connectivity index (χ3n) is 5.02. The highest BCUT2D eigenvalue weighted by atomic mass is 35.5. The Morgan fingerprint density at radius 3 is 2.52 bits per heavy atom. The highest BCUT2D eigenvalue weighted by Crippen LogP contribution is 2.30. The molecular formula is C20H20ClN5O3S2. The molecule has 2 aromatic heterocycles. The van der Waals surface area contributed by atoms with Crippen molar-refractivity contribution in [3.8, 4) is 0 Å². The van der Waals surface area contributed by atoms with Crippen LogP contribution in [-0.4, -0.2) is 47.6 Å². The van der Waals surface area contributed by atoms with E-state index in [0.29, 0.717) is 41.5 Å². The SMILES string of the molecule is Nc1nc(NC2CCN(S(=O)(=O)c3ccc(Cl)nc3)CC2)sc1C(=O)c1ccccc1. The van der Waals surface area contributed by atoms with E-state index in [0.717, 1.165) is 0 Å².